The standard InChI is InChI=1S/C14H16N2O3/c1-11-13(10-17)14(16(2)15-11)19-9-8-18-12-6-4-3-5-7-12/h3-7,10H,8-9H2,1-2H3. The maximum absolute atomic E-state index is 11.0. The largest absolute Gasteiger partial charge is 0.490 e. The Morgan fingerprint density at radius 1 is 1.21 bits per heavy atom. The van der Waals surface area contributed by atoms with Crippen LogP contribution < -0.4 is 9.47 Å². The summed E-state index contributed by atoms with van der Waals surface area (Å²) in [6.07, 6.45) is 0.760. The summed E-state index contributed by atoms with van der Waals surface area (Å²) in [5.41, 5.74) is 1.15. The van der Waals surface area contributed by atoms with Gasteiger partial charge in [0.1, 0.15) is 19.0 Å². The van der Waals surface area contributed by atoms with Gasteiger partial charge in [-0.1, -0.05) is 18.2 Å². The maximum Gasteiger partial charge on any atom is 0.222 e. The van der Waals surface area contributed by atoms with Crippen LogP contribution in [0.25, 0.3) is 0 Å². The summed E-state index contributed by atoms with van der Waals surface area (Å²) in [6.45, 7) is 2.54. The molecule has 0 aliphatic heterocycles. The van der Waals surface area contributed by atoms with E-state index in [9.17, 15) is 4.79 Å². The van der Waals surface area contributed by atoms with Gasteiger partial charge in [0.2, 0.25) is 5.88 Å². The first-order valence-corrected chi connectivity index (χ1v) is 6.02. The molecule has 1 heterocycles. The van der Waals surface area contributed by atoms with Gasteiger partial charge in [-0.15, -0.1) is 0 Å². The highest BCUT2D eigenvalue weighted by molar-refractivity contribution is 5.80. The van der Waals surface area contributed by atoms with E-state index in [-0.39, 0.29) is 0 Å². The monoisotopic (exact) mass is 260 g/mol. The van der Waals surface area contributed by atoms with Crippen LogP contribution in [0, 0.1) is 6.92 Å². The van der Waals surface area contributed by atoms with Gasteiger partial charge >= 0.3 is 0 Å². The van der Waals surface area contributed by atoms with Crippen LogP contribution in [-0.4, -0.2) is 29.3 Å². The second-order valence-corrected chi connectivity index (χ2v) is 4.06. The Bertz CT molecular complexity index is 549. The minimum absolute atomic E-state index is 0.356. The van der Waals surface area contributed by atoms with Crippen LogP contribution in [0.1, 0.15) is 16.1 Å². The third kappa shape index (κ3) is 3.13. The van der Waals surface area contributed by atoms with E-state index in [1.54, 1.807) is 18.7 Å². The summed E-state index contributed by atoms with van der Waals surface area (Å²) >= 11 is 0. The third-order valence-corrected chi connectivity index (χ3v) is 2.67. The molecule has 0 radical (unpaired) electrons. The SMILES string of the molecule is Cc1nn(C)c(OCCOc2ccccc2)c1C=O. The molecule has 0 unspecified atom stereocenters. The molecule has 5 nitrogen and oxygen atoms in total. The van der Waals surface area contributed by atoms with Crippen LogP contribution in [0.3, 0.4) is 0 Å². The Kier molecular flexibility index (Phi) is 4.18. The second-order valence-electron chi connectivity index (χ2n) is 4.06. The van der Waals surface area contributed by atoms with Crippen LogP contribution in [0.2, 0.25) is 0 Å². The molecule has 0 aliphatic rings. The molecule has 0 aliphatic carbocycles. The number of ether oxygens (including phenoxy) is 2. The molecule has 0 fully saturated rings. The van der Waals surface area contributed by atoms with Gasteiger partial charge in [0.15, 0.2) is 6.29 Å². The molecule has 2 aromatic rings. The molecule has 0 saturated carbocycles. The van der Waals surface area contributed by atoms with Crippen LogP contribution in [0.4, 0.5) is 0 Å². The Hall–Kier alpha value is -2.30. The quantitative estimate of drug-likeness (QED) is 0.589. The predicted molar refractivity (Wildman–Crippen MR) is 70.8 cm³/mol. The number of aromatic nitrogens is 2. The number of para-hydroxylation sites is 1. The number of nitrogens with zero attached hydrogens (tertiary/aromatic N) is 2. The van der Waals surface area contributed by atoms with E-state index in [1.165, 1.54) is 0 Å². The fraction of sp³-hybridized carbons (Fsp3) is 0.286. The predicted octanol–water partition coefficient (Wildman–Crippen LogP) is 2.00. The number of carbonyl (C=O) groups excluding carboxylic acids is 1. The van der Waals surface area contributed by atoms with Gasteiger partial charge in [-0.25, -0.2) is 4.68 Å². The van der Waals surface area contributed by atoms with Crippen molar-refractivity contribution >= 4 is 6.29 Å². The molecule has 2 rings (SSSR count). The Labute approximate surface area is 111 Å². The van der Waals surface area contributed by atoms with Crippen molar-refractivity contribution in [2.24, 2.45) is 7.05 Å². The molecule has 0 amide bonds. The molecule has 5 heteroatoms. The summed E-state index contributed by atoms with van der Waals surface area (Å²) in [7, 11) is 1.74. The van der Waals surface area contributed by atoms with E-state index in [0.29, 0.717) is 30.4 Å². The van der Waals surface area contributed by atoms with Gasteiger partial charge in [0.25, 0.3) is 0 Å². The van der Waals surface area contributed by atoms with Crippen LogP contribution in [0.5, 0.6) is 11.6 Å². The van der Waals surface area contributed by atoms with Crippen molar-refractivity contribution in [2.45, 2.75) is 6.92 Å². The maximum atomic E-state index is 11.0. The van der Waals surface area contributed by atoms with Crippen molar-refractivity contribution < 1.29 is 14.3 Å². The minimum atomic E-state index is 0.356. The van der Waals surface area contributed by atoms with Gasteiger partial charge in [0, 0.05) is 7.05 Å². The molecule has 100 valence electrons. The molecule has 0 atom stereocenters. The molecular weight excluding hydrogens is 244 g/mol. The highest BCUT2D eigenvalue weighted by atomic mass is 16.5. The average Bonchev–Trinajstić information content (AvgIpc) is 2.70. The van der Waals surface area contributed by atoms with Crippen LogP contribution in [-0.2, 0) is 7.05 Å². The summed E-state index contributed by atoms with van der Waals surface area (Å²) in [4.78, 5) is 11.0. The Balaban J connectivity index is 1.88. The molecule has 1 aromatic heterocycles. The zero-order valence-corrected chi connectivity index (χ0v) is 11.0. The third-order valence-electron chi connectivity index (χ3n) is 2.67. The molecule has 0 N–H and O–H groups in total. The molecule has 0 saturated heterocycles. The molecule has 0 spiro atoms. The minimum Gasteiger partial charge on any atom is -0.490 e. The van der Waals surface area contributed by atoms with E-state index in [2.05, 4.69) is 5.10 Å². The number of hydrogen-bond acceptors (Lipinski definition) is 4. The van der Waals surface area contributed by atoms with E-state index in [0.717, 1.165) is 12.0 Å². The van der Waals surface area contributed by atoms with Gasteiger partial charge in [-0.3, -0.25) is 4.79 Å². The van der Waals surface area contributed by atoms with Crippen molar-refractivity contribution in [3.63, 3.8) is 0 Å². The number of hydrogen-bond donors (Lipinski definition) is 0. The number of aldehydes is 1. The molecule has 19 heavy (non-hydrogen) atoms. The van der Waals surface area contributed by atoms with Crippen LogP contribution >= 0.6 is 0 Å². The molecular formula is C14H16N2O3. The number of carbonyl (C=O) groups is 1. The van der Waals surface area contributed by atoms with Crippen molar-refractivity contribution in [1.82, 2.24) is 9.78 Å². The number of aryl methyl sites for hydroxylation is 2. The van der Waals surface area contributed by atoms with Gasteiger partial charge in [0.05, 0.1) is 11.3 Å². The zero-order valence-electron chi connectivity index (χ0n) is 11.0. The summed E-state index contributed by atoms with van der Waals surface area (Å²) in [5, 5.41) is 4.14. The second kappa shape index (κ2) is 6.04. The molecule has 0 bridgehead atoms. The van der Waals surface area contributed by atoms with Crippen molar-refractivity contribution in [3.8, 4) is 11.6 Å². The highest BCUT2D eigenvalue weighted by Crippen LogP contribution is 2.18. The van der Waals surface area contributed by atoms with Gasteiger partial charge in [-0.05, 0) is 19.1 Å². The smallest absolute Gasteiger partial charge is 0.222 e. The van der Waals surface area contributed by atoms with Gasteiger partial charge in [-0.2, -0.15) is 5.10 Å². The van der Waals surface area contributed by atoms with E-state index in [4.69, 9.17) is 9.47 Å². The van der Waals surface area contributed by atoms with E-state index >= 15 is 0 Å². The fourth-order valence-electron chi connectivity index (χ4n) is 1.77. The Morgan fingerprint density at radius 2 is 1.89 bits per heavy atom. The lowest BCUT2D eigenvalue weighted by molar-refractivity contribution is 0.111. The summed E-state index contributed by atoms with van der Waals surface area (Å²) in [6, 6.07) is 9.50. The topological polar surface area (TPSA) is 53.4 Å². The first-order valence-electron chi connectivity index (χ1n) is 6.02. The number of rotatable bonds is 6. The van der Waals surface area contributed by atoms with Crippen molar-refractivity contribution in [1.29, 1.82) is 0 Å². The van der Waals surface area contributed by atoms with Crippen molar-refractivity contribution in [2.75, 3.05) is 13.2 Å². The lowest BCUT2D eigenvalue weighted by Crippen LogP contribution is -2.11. The van der Waals surface area contributed by atoms with Crippen molar-refractivity contribution in [3.05, 3.63) is 41.6 Å². The van der Waals surface area contributed by atoms with Gasteiger partial charge < -0.3 is 9.47 Å². The lowest BCUT2D eigenvalue weighted by atomic mass is 10.3. The van der Waals surface area contributed by atoms with Crippen LogP contribution in [0.15, 0.2) is 30.3 Å². The average molecular weight is 260 g/mol. The fourth-order valence-corrected chi connectivity index (χ4v) is 1.77. The van der Waals surface area contributed by atoms with E-state index < -0.39 is 0 Å². The summed E-state index contributed by atoms with van der Waals surface area (Å²) < 4.78 is 12.6. The molecule has 1 aromatic carbocycles. The van der Waals surface area contributed by atoms with E-state index in [1.807, 2.05) is 30.3 Å². The Morgan fingerprint density at radius 3 is 2.58 bits per heavy atom. The first kappa shape index (κ1) is 13.1. The normalized spacial score (nSPS) is 10.2. The highest BCUT2D eigenvalue weighted by Gasteiger charge is 2.13. The summed E-state index contributed by atoms with van der Waals surface area (Å²) in [5.74, 6) is 1.27. The zero-order chi connectivity index (χ0) is 13.7. The first-order chi connectivity index (χ1) is 9.22. The number of benzene rings is 1. The lowest BCUT2D eigenvalue weighted by Gasteiger charge is -2.08.